The minimum Gasteiger partial charge on any atom is -0.382 e. The Morgan fingerprint density at radius 2 is 1.00 bits per heavy atom. The average Bonchev–Trinajstić information content (AvgIpc) is 2.48. The Labute approximate surface area is 116 Å². The summed E-state index contributed by atoms with van der Waals surface area (Å²) in [7, 11) is 3.30. The molecular weight excluding hydrogens is 236 g/mol. The largest absolute Gasteiger partial charge is 0.382 e. The molecule has 0 radical (unpaired) electrons. The van der Waals surface area contributed by atoms with Crippen molar-refractivity contribution in [3.8, 4) is 0 Å². The molecule has 2 heteroatoms. The number of ether oxygens (including phenoxy) is 2. The summed E-state index contributed by atoms with van der Waals surface area (Å²) in [6.07, 6.45) is 1.03. The Balaban J connectivity index is 0.000000258. The van der Waals surface area contributed by atoms with E-state index in [0.29, 0.717) is 13.2 Å². The van der Waals surface area contributed by atoms with Gasteiger partial charge in [-0.1, -0.05) is 60.7 Å². The van der Waals surface area contributed by atoms with Crippen LogP contribution in [0.2, 0.25) is 0 Å². The maximum atomic E-state index is 4.66. The molecule has 0 bridgehead atoms. The van der Waals surface area contributed by atoms with Crippen LogP contribution >= 0.6 is 0 Å². The summed E-state index contributed by atoms with van der Waals surface area (Å²) in [6.45, 7) is 1.38. The van der Waals surface area contributed by atoms with Crippen molar-refractivity contribution in [1.29, 1.82) is 0 Å². The number of methoxy groups -OCH3 is 2. The fourth-order valence-electron chi connectivity index (χ4n) is 1.59. The molecule has 0 unspecified atom stereocenters. The van der Waals surface area contributed by atoms with Crippen LogP contribution in [0.5, 0.6) is 0 Å². The van der Waals surface area contributed by atoms with Gasteiger partial charge in [-0.15, -0.1) is 0 Å². The Morgan fingerprint density at radius 3 is 1.32 bits per heavy atom. The summed E-state index contributed by atoms with van der Waals surface area (Å²) < 4.78 is 9.31. The van der Waals surface area contributed by atoms with Gasteiger partial charge in [0.1, 0.15) is 0 Å². The van der Waals surface area contributed by atoms with E-state index in [4.69, 9.17) is 0 Å². The Kier molecular flexibility index (Phi) is 8.36. The van der Waals surface area contributed by atoms with Gasteiger partial charge in [0.05, 0.1) is 13.2 Å². The standard InChI is InChI=1S/C13H12.C4H10O2/c1-3-7-12(8-4-1)11-13-9-5-2-6-10-13;1-5-3-4-6-2/h1-10H,11H2;3-4H2,1-2H3. The first-order valence-corrected chi connectivity index (χ1v) is 6.42. The molecule has 0 aliphatic carbocycles. The van der Waals surface area contributed by atoms with E-state index in [-0.39, 0.29) is 0 Å². The van der Waals surface area contributed by atoms with Gasteiger partial charge in [-0.05, 0) is 17.5 Å². The number of benzene rings is 2. The van der Waals surface area contributed by atoms with Crippen LogP contribution < -0.4 is 0 Å². The van der Waals surface area contributed by atoms with Crippen molar-refractivity contribution in [2.45, 2.75) is 6.42 Å². The van der Waals surface area contributed by atoms with Crippen molar-refractivity contribution >= 4 is 0 Å². The van der Waals surface area contributed by atoms with Gasteiger partial charge in [0.2, 0.25) is 0 Å². The summed E-state index contributed by atoms with van der Waals surface area (Å²) >= 11 is 0. The molecule has 0 saturated carbocycles. The molecule has 0 aliphatic rings. The zero-order valence-electron chi connectivity index (χ0n) is 11.7. The maximum Gasteiger partial charge on any atom is 0.0696 e. The summed E-state index contributed by atoms with van der Waals surface area (Å²) in [5.41, 5.74) is 2.74. The third-order valence-corrected chi connectivity index (χ3v) is 2.59. The predicted octanol–water partition coefficient (Wildman–Crippen LogP) is 3.56. The minimum absolute atomic E-state index is 0.691. The van der Waals surface area contributed by atoms with E-state index in [9.17, 15) is 0 Å². The maximum absolute atomic E-state index is 4.66. The summed E-state index contributed by atoms with van der Waals surface area (Å²) in [5.74, 6) is 0. The fraction of sp³-hybridized carbons (Fsp3) is 0.294. The van der Waals surface area contributed by atoms with Crippen LogP contribution in [-0.4, -0.2) is 27.4 Å². The second-order valence-electron chi connectivity index (χ2n) is 4.13. The second-order valence-corrected chi connectivity index (χ2v) is 4.13. The van der Waals surface area contributed by atoms with E-state index < -0.39 is 0 Å². The molecule has 2 aromatic carbocycles. The van der Waals surface area contributed by atoms with Gasteiger partial charge in [0.25, 0.3) is 0 Å². The lowest BCUT2D eigenvalue weighted by Gasteiger charge is -2.00. The lowest BCUT2D eigenvalue weighted by Crippen LogP contribution is -1.96. The number of hydrogen-bond acceptors (Lipinski definition) is 2. The van der Waals surface area contributed by atoms with Crippen molar-refractivity contribution in [3.05, 3.63) is 71.8 Å². The van der Waals surface area contributed by atoms with Crippen molar-refractivity contribution in [2.75, 3.05) is 27.4 Å². The SMILES string of the molecule is COCCOC.c1ccc(Cc2ccccc2)cc1. The van der Waals surface area contributed by atoms with Crippen molar-refractivity contribution in [2.24, 2.45) is 0 Å². The monoisotopic (exact) mass is 258 g/mol. The van der Waals surface area contributed by atoms with Crippen molar-refractivity contribution in [3.63, 3.8) is 0 Å². The normalized spacial score (nSPS) is 9.58. The van der Waals surface area contributed by atoms with Gasteiger partial charge >= 0.3 is 0 Å². The van der Waals surface area contributed by atoms with E-state index in [0.717, 1.165) is 6.42 Å². The van der Waals surface area contributed by atoms with Crippen LogP contribution in [0.4, 0.5) is 0 Å². The third kappa shape index (κ3) is 7.39. The highest BCUT2D eigenvalue weighted by Gasteiger charge is 1.92. The van der Waals surface area contributed by atoms with Crippen LogP contribution in [0.15, 0.2) is 60.7 Å². The highest BCUT2D eigenvalue weighted by Crippen LogP contribution is 2.07. The number of rotatable bonds is 5. The van der Waals surface area contributed by atoms with Crippen LogP contribution in [-0.2, 0) is 15.9 Å². The van der Waals surface area contributed by atoms with Gasteiger partial charge in [-0.25, -0.2) is 0 Å². The smallest absolute Gasteiger partial charge is 0.0696 e. The van der Waals surface area contributed by atoms with E-state index in [2.05, 4.69) is 70.1 Å². The molecule has 0 heterocycles. The van der Waals surface area contributed by atoms with Crippen molar-refractivity contribution in [1.82, 2.24) is 0 Å². The Hall–Kier alpha value is -1.64. The predicted molar refractivity (Wildman–Crippen MR) is 79.4 cm³/mol. The molecule has 0 amide bonds. The third-order valence-electron chi connectivity index (χ3n) is 2.59. The van der Waals surface area contributed by atoms with E-state index in [1.165, 1.54) is 11.1 Å². The van der Waals surface area contributed by atoms with Crippen LogP contribution in [0.25, 0.3) is 0 Å². The molecule has 0 N–H and O–H groups in total. The molecule has 19 heavy (non-hydrogen) atoms. The summed E-state index contributed by atoms with van der Waals surface area (Å²) in [5, 5.41) is 0. The van der Waals surface area contributed by atoms with Gasteiger partial charge in [0.15, 0.2) is 0 Å². The molecule has 0 atom stereocenters. The Morgan fingerprint density at radius 1 is 0.632 bits per heavy atom. The highest BCUT2D eigenvalue weighted by molar-refractivity contribution is 5.25. The van der Waals surface area contributed by atoms with Gasteiger partial charge in [-0.3, -0.25) is 0 Å². The topological polar surface area (TPSA) is 18.5 Å². The average molecular weight is 258 g/mol. The fourth-order valence-corrected chi connectivity index (χ4v) is 1.59. The van der Waals surface area contributed by atoms with Gasteiger partial charge in [0, 0.05) is 14.2 Å². The minimum atomic E-state index is 0.691. The van der Waals surface area contributed by atoms with E-state index in [1.54, 1.807) is 14.2 Å². The van der Waals surface area contributed by atoms with Crippen LogP contribution in [0.3, 0.4) is 0 Å². The molecular formula is C17H22O2. The number of hydrogen-bond donors (Lipinski definition) is 0. The van der Waals surface area contributed by atoms with Gasteiger partial charge < -0.3 is 9.47 Å². The molecule has 2 aromatic rings. The molecule has 2 nitrogen and oxygen atoms in total. The molecule has 2 rings (SSSR count). The van der Waals surface area contributed by atoms with E-state index in [1.807, 2.05) is 0 Å². The van der Waals surface area contributed by atoms with E-state index >= 15 is 0 Å². The Bertz CT molecular complexity index is 370. The first-order valence-electron chi connectivity index (χ1n) is 6.42. The molecule has 0 spiro atoms. The second kappa shape index (κ2) is 10.3. The first kappa shape index (κ1) is 15.4. The molecule has 0 aliphatic heterocycles. The lowest BCUT2D eigenvalue weighted by atomic mass is 10.1. The summed E-state index contributed by atoms with van der Waals surface area (Å²) in [6, 6.07) is 21.1. The zero-order chi connectivity index (χ0) is 13.8. The molecule has 0 fully saturated rings. The first-order chi connectivity index (χ1) is 9.36. The molecule has 102 valence electrons. The lowest BCUT2D eigenvalue weighted by molar-refractivity contribution is 0.103. The van der Waals surface area contributed by atoms with Gasteiger partial charge in [-0.2, -0.15) is 0 Å². The van der Waals surface area contributed by atoms with Crippen LogP contribution in [0.1, 0.15) is 11.1 Å². The molecule has 0 aromatic heterocycles. The zero-order valence-corrected chi connectivity index (χ0v) is 11.7. The van der Waals surface area contributed by atoms with Crippen LogP contribution in [0, 0.1) is 0 Å². The quantitative estimate of drug-likeness (QED) is 0.763. The van der Waals surface area contributed by atoms with Crippen molar-refractivity contribution < 1.29 is 9.47 Å². The highest BCUT2D eigenvalue weighted by atomic mass is 16.5. The molecule has 0 saturated heterocycles. The summed E-state index contributed by atoms with van der Waals surface area (Å²) in [4.78, 5) is 0.